The van der Waals surface area contributed by atoms with Gasteiger partial charge in [-0.15, -0.1) is 23.5 Å². The van der Waals surface area contributed by atoms with E-state index < -0.39 is 23.9 Å². The lowest BCUT2D eigenvalue weighted by Gasteiger charge is -2.20. The van der Waals surface area contributed by atoms with E-state index in [1.807, 2.05) is 41.5 Å². The van der Waals surface area contributed by atoms with Crippen LogP contribution in [0.1, 0.15) is 84.1 Å². The van der Waals surface area contributed by atoms with Gasteiger partial charge >= 0.3 is 0 Å². The normalized spacial score (nSPS) is 22.6. The van der Waals surface area contributed by atoms with Crippen molar-refractivity contribution in [3.8, 4) is 0 Å². The number of hydrogen-bond acceptors (Lipinski definition) is 8. The van der Waals surface area contributed by atoms with Crippen LogP contribution in [0.25, 0.3) is 0 Å². The molecule has 40 heavy (non-hydrogen) atoms. The zero-order valence-corrected chi connectivity index (χ0v) is 25.4. The zero-order valence-electron chi connectivity index (χ0n) is 23.8. The second kappa shape index (κ2) is 15.7. The highest BCUT2D eigenvalue weighted by Gasteiger charge is 2.35. The van der Waals surface area contributed by atoms with Gasteiger partial charge in [0.1, 0.15) is 0 Å². The number of hydrogen-bond donors (Lipinski definition) is 6. The van der Waals surface area contributed by atoms with Crippen LogP contribution in [-0.2, 0) is 9.59 Å². The smallest absolute Gasteiger partial charge is 0.249 e. The van der Waals surface area contributed by atoms with Crippen molar-refractivity contribution in [3.05, 3.63) is 58.7 Å². The van der Waals surface area contributed by atoms with Crippen LogP contribution in [-0.4, -0.2) is 47.2 Å². The molecule has 0 aliphatic carbocycles. The van der Waals surface area contributed by atoms with E-state index in [1.165, 1.54) is 23.5 Å². The average molecular weight is 589 g/mol. The number of carbonyl (C=O) groups is 4. The second-order valence-corrected chi connectivity index (χ2v) is 10.5. The summed E-state index contributed by atoms with van der Waals surface area (Å²) in [5.74, 6) is -0.711. The van der Waals surface area contributed by atoms with Crippen LogP contribution in [0.15, 0.2) is 36.4 Å². The first-order chi connectivity index (χ1) is 19.3. The first-order valence-electron chi connectivity index (χ1n) is 13.5. The summed E-state index contributed by atoms with van der Waals surface area (Å²) in [5, 5.41) is 11.6. The fraction of sp³-hybridized carbons (Fsp3) is 0.429. The predicted octanol–water partition coefficient (Wildman–Crippen LogP) is 3.96. The van der Waals surface area contributed by atoms with Crippen molar-refractivity contribution in [2.75, 3.05) is 22.1 Å². The summed E-state index contributed by atoms with van der Waals surface area (Å²) >= 11 is 2.94. The molecule has 3 heterocycles. The largest absolute Gasteiger partial charge is 0.366 e. The summed E-state index contributed by atoms with van der Waals surface area (Å²) in [5.41, 5.74) is 14.1. The Balaban J connectivity index is 0.000000876. The summed E-state index contributed by atoms with van der Waals surface area (Å²) in [6.07, 6.45) is 0. The second-order valence-electron chi connectivity index (χ2n) is 8.18. The lowest BCUT2D eigenvalue weighted by Crippen LogP contribution is -2.39. The lowest BCUT2D eigenvalue weighted by molar-refractivity contribution is -0.118. The Bertz CT molecular complexity index is 1130. The summed E-state index contributed by atoms with van der Waals surface area (Å²) in [4.78, 5) is 50.0. The van der Waals surface area contributed by atoms with Crippen molar-refractivity contribution in [1.29, 1.82) is 0 Å². The van der Waals surface area contributed by atoms with E-state index in [0.717, 1.165) is 0 Å². The van der Waals surface area contributed by atoms with Crippen LogP contribution in [0.5, 0.6) is 0 Å². The number of benzene rings is 2. The standard InChI is InChI=1S/C22H22N6O4S2.3C2H6/c23-17(29)11-3-1-9-5-13(11)21-28-16(8-33-21)20(32)26-10-2-4-12(18(24)30)14(6-10)22-27-15(7-34-22)19(31)25-9;3*1-2/h1-6,15-16,21-22,27-28H,7-8H2,(H2,23,29)(H2,24,30)(H,25,31)(H,26,32);3*1-2H3. The van der Waals surface area contributed by atoms with Gasteiger partial charge in [-0.2, -0.15) is 0 Å². The van der Waals surface area contributed by atoms with Crippen molar-refractivity contribution in [3.63, 3.8) is 0 Å². The topological polar surface area (TPSA) is 168 Å². The van der Waals surface area contributed by atoms with E-state index in [4.69, 9.17) is 11.5 Å². The summed E-state index contributed by atoms with van der Waals surface area (Å²) in [6.45, 7) is 12.0. The van der Waals surface area contributed by atoms with Crippen molar-refractivity contribution in [2.45, 2.75) is 64.4 Å². The third-order valence-corrected chi connectivity index (χ3v) is 8.43. The Hall–Kier alpha value is -3.06. The van der Waals surface area contributed by atoms with Crippen LogP contribution >= 0.6 is 23.5 Å². The van der Waals surface area contributed by atoms with Gasteiger partial charge in [0.2, 0.25) is 23.6 Å². The van der Waals surface area contributed by atoms with Gasteiger partial charge < -0.3 is 22.1 Å². The minimum absolute atomic E-state index is 0.241. The molecule has 8 bridgehead atoms. The number of anilines is 2. The number of nitrogens with one attached hydrogen (secondary N) is 4. The van der Waals surface area contributed by atoms with Gasteiger partial charge in [-0.05, 0) is 47.5 Å². The number of rotatable bonds is 2. The maximum absolute atomic E-state index is 13.0. The summed E-state index contributed by atoms with van der Waals surface area (Å²) in [6, 6.07) is 8.79. The molecule has 218 valence electrons. The van der Waals surface area contributed by atoms with E-state index in [-0.39, 0.29) is 22.6 Å². The molecular weight excluding hydrogens is 548 g/mol. The van der Waals surface area contributed by atoms with E-state index in [0.29, 0.717) is 45.1 Å². The monoisotopic (exact) mass is 588 g/mol. The Labute approximate surface area is 244 Å². The number of carbonyl (C=O) groups excluding carboxylic acids is 4. The Morgan fingerprint density at radius 2 is 1.02 bits per heavy atom. The number of thioether (sulfide) groups is 2. The molecule has 2 fully saturated rings. The molecule has 4 amide bonds. The van der Waals surface area contributed by atoms with Gasteiger partial charge in [0, 0.05) is 34.0 Å². The molecule has 10 nitrogen and oxygen atoms in total. The Kier molecular flexibility index (Phi) is 13.0. The summed E-state index contributed by atoms with van der Waals surface area (Å²) in [7, 11) is 0. The molecule has 4 unspecified atom stereocenters. The Morgan fingerprint density at radius 3 is 1.35 bits per heavy atom. The van der Waals surface area contributed by atoms with E-state index in [1.54, 1.807) is 36.4 Å². The van der Waals surface area contributed by atoms with Gasteiger partial charge in [-0.3, -0.25) is 29.8 Å². The minimum atomic E-state index is -0.587. The number of amides is 4. The molecule has 0 spiro atoms. The van der Waals surface area contributed by atoms with E-state index in [2.05, 4.69) is 21.3 Å². The lowest BCUT2D eigenvalue weighted by atomic mass is 10.0. The summed E-state index contributed by atoms with van der Waals surface area (Å²) < 4.78 is 0. The van der Waals surface area contributed by atoms with Crippen molar-refractivity contribution < 1.29 is 19.2 Å². The van der Waals surface area contributed by atoms with Crippen molar-refractivity contribution in [1.82, 2.24) is 10.6 Å². The quantitative estimate of drug-likeness (QED) is 0.306. The third-order valence-electron chi connectivity index (χ3n) is 5.93. The molecule has 0 radical (unpaired) electrons. The fourth-order valence-corrected chi connectivity index (χ4v) is 6.76. The molecule has 8 N–H and O–H groups in total. The molecule has 0 saturated carbocycles. The molecule has 3 aliphatic rings. The highest BCUT2D eigenvalue weighted by molar-refractivity contribution is 8.00. The van der Waals surface area contributed by atoms with E-state index >= 15 is 0 Å². The molecule has 2 saturated heterocycles. The average Bonchev–Trinajstić information content (AvgIpc) is 3.67. The fourth-order valence-electron chi connectivity index (χ4n) is 4.23. The molecule has 3 aliphatic heterocycles. The number of primary amides is 2. The van der Waals surface area contributed by atoms with E-state index in [9.17, 15) is 19.2 Å². The maximum Gasteiger partial charge on any atom is 0.249 e. The van der Waals surface area contributed by atoms with Crippen LogP contribution in [0, 0.1) is 0 Å². The molecule has 2 aromatic rings. The Morgan fingerprint density at radius 1 is 0.675 bits per heavy atom. The van der Waals surface area contributed by atoms with Crippen LogP contribution < -0.4 is 32.7 Å². The molecule has 12 heteroatoms. The van der Waals surface area contributed by atoms with Gasteiger partial charge in [-0.25, -0.2) is 0 Å². The van der Waals surface area contributed by atoms with Gasteiger partial charge in [0.15, 0.2) is 0 Å². The number of fused-ring (bicyclic) bond motifs is 10. The van der Waals surface area contributed by atoms with Gasteiger partial charge in [0.25, 0.3) is 0 Å². The molecule has 2 aromatic carbocycles. The van der Waals surface area contributed by atoms with Crippen LogP contribution in [0.4, 0.5) is 11.4 Å². The minimum Gasteiger partial charge on any atom is -0.366 e. The maximum atomic E-state index is 13.0. The highest BCUT2D eigenvalue weighted by Crippen LogP contribution is 2.38. The molecule has 4 atom stereocenters. The zero-order chi connectivity index (χ0) is 30.0. The third kappa shape index (κ3) is 7.57. The SMILES string of the molecule is CC.CC.CC.NC(=O)c1ccc2cc1C1NC(CS1)C(=O)Nc1ccc(C(N)=O)c(c1)C1NC(CS1)C(=O)N2. The predicted molar refractivity (Wildman–Crippen MR) is 165 cm³/mol. The first kappa shape index (κ1) is 33.1. The molecule has 5 rings (SSSR count). The van der Waals surface area contributed by atoms with Gasteiger partial charge in [-0.1, -0.05) is 41.5 Å². The molecule has 0 aromatic heterocycles. The van der Waals surface area contributed by atoms with Crippen LogP contribution in [0.2, 0.25) is 0 Å². The highest BCUT2D eigenvalue weighted by atomic mass is 32.2. The number of nitrogens with two attached hydrogens (primary N) is 2. The molecular formula is C28H40N6O4S2. The van der Waals surface area contributed by atoms with Crippen molar-refractivity contribution >= 4 is 58.5 Å². The van der Waals surface area contributed by atoms with Gasteiger partial charge in [0.05, 0.1) is 22.8 Å². The van der Waals surface area contributed by atoms with Crippen molar-refractivity contribution in [2.24, 2.45) is 11.5 Å². The first-order valence-corrected chi connectivity index (χ1v) is 15.6. The van der Waals surface area contributed by atoms with Crippen LogP contribution in [0.3, 0.4) is 0 Å².